The molecule has 19 nitrogen and oxygen atoms in total. The number of carbonyl (C=O) groups is 8. The Morgan fingerprint density at radius 2 is 0.568 bits per heavy atom. The average Bonchev–Trinajstić information content (AvgIpc) is 1.12. The van der Waals surface area contributed by atoms with Gasteiger partial charge in [-0.25, -0.2) is 17.6 Å². The zero-order valence-electron chi connectivity index (χ0n) is 70.8. The highest BCUT2D eigenvalue weighted by molar-refractivity contribution is 6.34. The SMILES string of the molecule is CC(=N)c1ccc(C(=O)Cc2ccc(Cl)cc2C(=O)Nc2ccc(Cl)cc2)c(F)c1.CN1CCN=C1c1ccc(C(=O)Cc2ccc(Cl)cc2C(=O)Nc2ccc(Cl)cc2)c(F)c1.N=C(c1ccc(C(=O)Cc2ccc(Cl)cc2C(=O)Nc2ccc(Cl)cc2)c(F)c1)N1CCCC1.N=C(c1ccc(C(=O)Cc2ccc(Cl)cc2C(=O)Nc2ccc(Cl)cc2)c(F)c1)N1CCCCC1. The van der Waals surface area contributed by atoms with E-state index in [1.165, 1.54) is 79.7 Å². The van der Waals surface area contributed by atoms with Crippen molar-refractivity contribution in [2.24, 2.45) is 4.99 Å². The van der Waals surface area contributed by atoms with Crippen LogP contribution >= 0.6 is 92.8 Å². The number of likely N-dealkylation sites (tertiary alicyclic amines) is 2. The number of benzene rings is 12. The lowest BCUT2D eigenvalue weighted by Gasteiger charge is -2.29. The summed E-state index contributed by atoms with van der Waals surface area (Å²) in [5, 5.41) is 38.8. The summed E-state index contributed by atoms with van der Waals surface area (Å²) in [5.41, 5.74) is 6.57. The Bertz CT molecular complexity index is 6480. The van der Waals surface area contributed by atoms with Gasteiger partial charge in [-0.3, -0.25) is 54.2 Å². The van der Waals surface area contributed by atoms with E-state index < -0.39 is 70.0 Å². The molecule has 3 heterocycles. The summed E-state index contributed by atoms with van der Waals surface area (Å²) in [6.07, 6.45) is 4.48. The summed E-state index contributed by atoms with van der Waals surface area (Å²) in [6.45, 7) is 6.07. The number of anilines is 4. The molecule has 0 bridgehead atoms. The van der Waals surface area contributed by atoms with Crippen LogP contribution in [0.25, 0.3) is 0 Å². The zero-order valence-corrected chi connectivity index (χ0v) is 76.8. The van der Waals surface area contributed by atoms with Crippen molar-refractivity contribution in [2.75, 3.05) is 67.6 Å². The maximum atomic E-state index is 14.9. The molecule has 0 unspecified atom stereocenters. The maximum absolute atomic E-state index is 14.9. The van der Waals surface area contributed by atoms with Crippen molar-refractivity contribution in [1.29, 1.82) is 16.2 Å². The summed E-state index contributed by atoms with van der Waals surface area (Å²) >= 11 is 47.9. The van der Waals surface area contributed by atoms with Gasteiger partial charge in [0, 0.05) is 173 Å². The van der Waals surface area contributed by atoms with Crippen LogP contribution < -0.4 is 21.3 Å². The predicted molar refractivity (Wildman–Crippen MR) is 518 cm³/mol. The van der Waals surface area contributed by atoms with Crippen LogP contribution in [-0.4, -0.2) is 131 Å². The standard InChI is InChI=1S/C27H24Cl2FN3O2.C26H22Cl2FN3O2.C25H20Cl2FN3O2.C23H17Cl2FN2O2/c28-19-7-9-21(10-8-19)32-27(35)23-16-20(29)6-4-17(23)15-25(34)22-11-5-18(14-24(22)30)26(31)33-12-2-1-3-13-33;27-18-6-8-20(9-7-18)31-26(34)22-15-19(28)5-3-16(22)14-24(33)21-10-4-17(13-23(21)29)25(30)32-11-1-2-12-32;1-31-11-10-29-24(31)16-3-9-20(22(28)12-16)23(32)13-15-2-4-18(27)14-21(15)25(33)30-19-7-5-17(26)6-8-19;1-13(27)14-3-9-19(21(26)10-14)22(29)11-15-2-4-17(25)12-20(15)23(30)28-18-7-5-16(24)6-8-18/h4-11,14,16,31H,1-3,12-13,15H2,(H,32,35);3-10,13,15,30H,1-2,11-12,14H2,(H,31,34);2-9,12,14H,10-11,13H2,1H3,(H,30,33);2-10,12,27H,11H2,1H3,(H,28,30). The molecule has 12 aromatic rings. The Labute approximate surface area is 798 Å². The number of amidine groups is 3. The summed E-state index contributed by atoms with van der Waals surface area (Å²) in [7, 11) is 1.89. The first-order valence-electron chi connectivity index (χ1n) is 41.4. The topological polar surface area (TPSA) is 278 Å². The van der Waals surface area contributed by atoms with Crippen LogP contribution in [0.2, 0.25) is 40.2 Å². The van der Waals surface area contributed by atoms with E-state index in [1.54, 1.807) is 164 Å². The van der Waals surface area contributed by atoms with Crippen LogP contribution in [0.4, 0.5) is 40.3 Å². The molecule has 3 aliphatic heterocycles. The molecule has 0 spiro atoms. The molecule has 2 saturated heterocycles. The number of rotatable bonds is 24. The van der Waals surface area contributed by atoms with Gasteiger partial charge in [0.1, 0.15) is 40.8 Å². The molecule has 2 fully saturated rings. The monoisotopic (exact) mass is 1930 g/mol. The van der Waals surface area contributed by atoms with Crippen LogP contribution in [0.5, 0.6) is 0 Å². The molecule has 0 saturated carbocycles. The van der Waals surface area contributed by atoms with Gasteiger partial charge in [-0.05, 0) is 261 Å². The summed E-state index contributed by atoms with van der Waals surface area (Å²) in [6, 6.07) is 62.0. The van der Waals surface area contributed by atoms with Gasteiger partial charge >= 0.3 is 0 Å². The van der Waals surface area contributed by atoms with Crippen molar-refractivity contribution in [3.63, 3.8) is 0 Å². The Hall–Kier alpha value is -12.7. The first-order chi connectivity index (χ1) is 63.2. The molecule has 0 atom stereocenters. The van der Waals surface area contributed by atoms with Crippen LogP contribution in [0, 0.1) is 39.5 Å². The molecular weight excluding hydrogens is 1850 g/mol. The summed E-state index contributed by atoms with van der Waals surface area (Å²) < 4.78 is 59.0. The Morgan fingerprint density at radius 1 is 0.311 bits per heavy atom. The highest BCUT2D eigenvalue weighted by atomic mass is 35.5. The molecule has 4 amide bonds. The molecule has 132 heavy (non-hydrogen) atoms. The zero-order chi connectivity index (χ0) is 94.6. The van der Waals surface area contributed by atoms with Gasteiger partial charge in [0.25, 0.3) is 23.6 Å². The molecular formula is C101H83Cl8F4N11O8. The van der Waals surface area contributed by atoms with Gasteiger partial charge in [-0.2, -0.15) is 0 Å². The Balaban J connectivity index is 0.000000159. The van der Waals surface area contributed by atoms with Gasteiger partial charge in [-0.15, -0.1) is 0 Å². The fraction of sp³-hybridized carbons (Fsp3) is 0.168. The molecule has 0 aliphatic carbocycles. The number of carbonyl (C=O) groups excluding carboxylic acids is 8. The normalized spacial score (nSPS) is 12.6. The first-order valence-corrected chi connectivity index (χ1v) is 44.4. The number of hydrogen-bond donors (Lipinski definition) is 7. The largest absolute Gasteiger partial charge is 0.358 e. The minimum absolute atomic E-state index is 0.0426. The van der Waals surface area contributed by atoms with Crippen molar-refractivity contribution in [2.45, 2.75) is 64.7 Å². The smallest absolute Gasteiger partial charge is 0.256 e. The lowest BCUT2D eigenvalue weighted by molar-refractivity contribution is 0.0977. The number of amides is 4. The van der Waals surface area contributed by atoms with E-state index in [9.17, 15) is 55.9 Å². The highest BCUT2D eigenvalue weighted by Crippen LogP contribution is 2.31. The average molecular weight is 1940 g/mol. The Kier molecular flexibility index (Phi) is 34.2. The van der Waals surface area contributed by atoms with Gasteiger partial charge in [0.15, 0.2) is 23.1 Å². The number of hydrogen-bond acceptors (Lipinski definition) is 13. The molecule has 31 heteroatoms. The van der Waals surface area contributed by atoms with E-state index in [0.29, 0.717) is 120 Å². The van der Waals surface area contributed by atoms with E-state index in [4.69, 9.17) is 109 Å². The number of aliphatic imine (C=N–C) groups is 1. The van der Waals surface area contributed by atoms with Crippen molar-refractivity contribution >= 4 is 186 Å². The molecule has 0 radical (unpaired) electrons. The molecule has 15 rings (SSSR count). The van der Waals surface area contributed by atoms with E-state index in [2.05, 4.69) is 26.3 Å². The number of likely N-dealkylation sites (N-methyl/N-ethyl adjacent to an activating group) is 1. The summed E-state index contributed by atoms with van der Waals surface area (Å²) in [4.78, 5) is 113. The van der Waals surface area contributed by atoms with Gasteiger partial charge < -0.3 is 41.4 Å². The third-order valence-corrected chi connectivity index (χ3v) is 23.5. The van der Waals surface area contributed by atoms with Crippen LogP contribution in [0.1, 0.15) is 166 Å². The molecule has 3 aliphatic rings. The summed E-state index contributed by atoms with van der Waals surface area (Å²) in [5.74, 6) is -5.10. The van der Waals surface area contributed by atoms with E-state index in [1.807, 2.05) is 21.7 Å². The lowest BCUT2D eigenvalue weighted by atomic mass is 9.97. The minimum atomic E-state index is -0.703. The second-order valence-corrected chi connectivity index (χ2v) is 34.4. The predicted octanol–water partition coefficient (Wildman–Crippen LogP) is 24.6. The second-order valence-electron chi connectivity index (χ2n) is 30.9. The number of halogens is 12. The Morgan fingerprint density at radius 3 is 0.833 bits per heavy atom. The highest BCUT2D eigenvalue weighted by Gasteiger charge is 2.28. The van der Waals surface area contributed by atoms with Crippen LogP contribution in [0.15, 0.2) is 248 Å². The van der Waals surface area contributed by atoms with Crippen molar-refractivity contribution in [3.05, 3.63) is 395 Å². The number of piperidine rings is 1. The molecule has 0 aromatic heterocycles. The number of nitrogens with zero attached hydrogens (tertiary/aromatic N) is 4. The maximum Gasteiger partial charge on any atom is 0.256 e. The van der Waals surface area contributed by atoms with Crippen molar-refractivity contribution in [1.82, 2.24) is 14.7 Å². The van der Waals surface area contributed by atoms with E-state index >= 15 is 0 Å². The molecule has 674 valence electrons. The third kappa shape index (κ3) is 26.6. The van der Waals surface area contributed by atoms with Crippen LogP contribution in [0.3, 0.4) is 0 Å². The first kappa shape index (κ1) is 98.4. The van der Waals surface area contributed by atoms with Gasteiger partial charge in [-0.1, -0.05) is 141 Å². The van der Waals surface area contributed by atoms with Crippen molar-refractivity contribution < 1.29 is 55.9 Å². The quantitative estimate of drug-likeness (QED) is 0.0129. The number of Topliss-reactive ketones (excluding diaryl/α,β-unsaturated/α-hetero) is 4. The third-order valence-electron chi connectivity index (χ3n) is 21.5. The fourth-order valence-electron chi connectivity index (χ4n) is 14.6. The fourth-order valence-corrected chi connectivity index (χ4v) is 15.7. The number of ketones is 4. The van der Waals surface area contributed by atoms with E-state index in [0.717, 1.165) is 70.9 Å². The minimum Gasteiger partial charge on any atom is -0.358 e. The molecule has 12 aromatic carbocycles. The molecule has 7 N–H and O–H groups in total. The number of nitrogens with one attached hydrogen (secondary N) is 7. The van der Waals surface area contributed by atoms with Crippen LogP contribution in [-0.2, 0) is 25.7 Å². The van der Waals surface area contributed by atoms with E-state index in [-0.39, 0.29) is 87.6 Å². The lowest BCUT2D eigenvalue weighted by Crippen LogP contribution is -2.35. The van der Waals surface area contributed by atoms with Gasteiger partial charge in [0.2, 0.25) is 0 Å². The second kappa shape index (κ2) is 45.9. The van der Waals surface area contributed by atoms with Crippen molar-refractivity contribution in [3.8, 4) is 0 Å². The van der Waals surface area contributed by atoms with Gasteiger partial charge in [0.05, 0.1) is 28.8 Å².